The van der Waals surface area contributed by atoms with Gasteiger partial charge in [-0.2, -0.15) is 0 Å². The summed E-state index contributed by atoms with van der Waals surface area (Å²) in [6.07, 6.45) is 1.50. The van der Waals surface area contributed by atoms with Gasteiger partial charge in [-0.05, 0) is 27.9 Å². The highest BCUT2D eigenvalue weighted by atomic mass is 28.4. The number of benzene rings is 2. The summed E-state index contributed by atoms with van der Waals surface area (Å²) in [5, 5.41) is 2.37. The summed E-state index contributed by atoms with van der Waals surface area (Å²) < 4.78 is 11.5. The van der Waals surface area contributed by atoms with Crippen LogP contribution in [0.3, 0.4) is 0 Å². The van der Waals surface area contributed by atoms with Crippen molar-refractivity contribution in [2.75, 3.05) is 13.7 Å². The van der Waals surface area contributed by atoms with E-state index in [0.29, 0.717) is 6.61 Å². The van der Waals surface area contributed by atoms with Gasteiger partial charge in [-0.25, -0.2) is 4.79 Å². The minimum atomic E-state index is -2.57. The summed E-state index contributed by atoms with van der Waals surface area (Å²) in [6, 6.07) is 20.9. The van der Waals surface area contributed by atoms with Crippen LogP contribution in [0, 0.1) is 0 Å². The first-order valence-corrected chi connectivity index (χ1v) is 10.7. The molecule has 0 aromatic heterocycles. The molecule has 0 spiro atoms. The van der Waals surface area contributed by atoms with Crippen LogP contribution < -0.4 is 10.4 Å². The lowest BCUT2D eigenvalue weighted by Gasteiger charge is -2.43. The van der Waals surface area contributed by atoms with E-state index in [1.54, 1.807) is 0 Å². The Morgan fingerprint density at radius 3 is 1.81 bits per heavy atom. The molecular formula is C22H28O3Si. The van der Waals surface area contributed by atoms with Crippen molar-refractivity contribution in [2.45, 2.75) is 32.7 Å². The first-order chi connectivity index (χ1) is 12.3. The van der Waals surface area contributed by atoms with Crippen LogP contribution in [0.1, 0.15) is 27.7 Å². The molecule has 3 nitrogen and oxygen atoms in total. The molecule has 0 radical (unpaired) electrons. The molecule has 2 aromatic rings. The van der Waals surface area contributed by atoms with Crippen LogP contribution in [-0.4, -0.2) is 28.0 Å². The number of hydrogen-bond donors (Lipinski definition) is 0. The normalized spacial score (nSPS) is 12.7. The molecule has 0 atom stereocenters. The molecule has 0 saturated heterocycles. The monoisotopic (exact) mass is 368 g/mol. The fraction of sp³-hybridized carbons (Fsp3) is 0.318. The van der Waals surface area contributed by atoms with Gasteiger partial charge in [0.15, 0.2) is 0 Å². The number of esters is 1. The number of hydrogen-bond acceptors (Lipinski definition) is 3. The largest absolute Gasteiger partial charge is 0.466 e. The topological polar surface area (TPSA) is 35.5 Å². The molecule has 0 amide bonds. The van der Waals surface area contributed by atoms with Crippen LogP contribution in [0.2, 0.25) is 5.04 Å². The van der Waals surface area contributed by atoms with E-state index in [1.807, 2.05) is 19.1 Å². The Hall–Kier alpha value is -2.17. The van der Waals surface area contributed by atoms with Crippen LogP contribution in [0.15, 0.2) is 72.3 Å². The van der Waals surface area contributed by atoms with Crippen LogP contribution >= 0.6 is 0 Å². The number of carbonyl (C=O) groups is 1. The zero-order valence-electron chi connectivity index (χ0n) is 16.3. The third-order valence-corrected chi connectivity index (χ3v) is 9.48. The molecule has 0 N–H and O–H groups in total. The molecule has 0 aliphatic carbocycles. The molecule has 0 aliphatic rings. The minimum Gasteiger partial charge on any atom is -0.466 e. The lowest BCUT2D eigenvalue weighted by molar-refractivity contribution is -0.134. The van der Waals surface area contributed by atoms with Crippen molar-refractivity contribution in [2.24, 2.45) is 0 Å². The standard InChI is InChI=1S/C22H28O3Si/c1-18(16-21(23)24-5)17-25-26(22(2,3)4,19-12-8-6-9-13-19)20-14-10-7-11-15-20/h6-16H,17H2,1-5H3/b18-16+. The van der Waals surface area contributed by atoms with Gasteiger partial charge in [0.2, 0.25) is 0 Å². The molecule has 138 valence electrons. The summed E-state index contributed by atoms with van der Waals surface area (Å²) in [5.41, 5.74) is 0.852. The van der Waals surface area contributed by atoms with E-state index in [0.717, 1.165) is 5.57 Å². The zero-order chi connectivity index (χ0) is 19.2. The molecule has 0 fully saturated rings. The number of carbonyl (C=O) groups excluding carboxylic acids is 1. The van der Waals surface area contributed by atoms with Crippen molar-refractivity contribution in [3.05, 3.63) is 72.3 Å². The van der Waals surface area contributed by atoms with Crippen LogP contribution in [-0.2, 0) is 14.0 Å². The molecule has 0 heterocycles. The zero-order valence-corrected chi connectivity index (χ0v) is 17.3. The predicted octanol–water partition coefficient (Wildman–Crippen LogP) is 3.68. The molecule has 26 heavy (non-hydrogen) atoms. The third kappa shape index (κ3) is 4.32. The Morgan fingerprint density at radius 2 is 1.42 bits per heavy atom. The Balaban J connectivity index is 2.54. The van der Waals surface area contributed by atoms with Crippen molar-refractivity contribution in [3.63, 3.8) is 0 Å². The molecular weight excluding hydrogens is 340 g/mol. The summed E-state index contributed by atoms with van der Waals surface area (Å²) in [6.45, 7) is 8.99. The molecule has 0 bridgehead atoms. The summed E-state index contributed by atoms with van der Waals surface area (Å²) >= 11 is 0. The van der Waals surface area contributed by atoms with Crippen molar-refractivity contribution >= 4 is 24.7 Å². The second-order valence-electron chi connectivity index (χ2n) is 7.47. The Labute approximate surface area is 157 Å². The van der Waals surface area contributed by atoms with Gasteiger partial charge in [0.25, 0.3) is 8.32 Å². The van der Waals surface area contributed by atoms with Crippen molar-refractivity contribution in [1.82, 2.24) is 0 Å². The molecule has 2 rings (SSSR count). The summed E-state index contributed by atoms with van der Waals surface area (Å²) in [4.78, 5) is 11.5. The van der Waals surface area contributed by atoms with Gasteiger partial charge in [0.05, 0.1) is 13.7 Å². The van der Waals surface area contributed by atoms with Crippen molar-refractivity contribution < 1.29 is 14.0 Å². The van der Waals surface area contributed by atoms with E-state index in [2.05, 4.69) is 69.3 Å². The van der Waals surface area contributed by atoms with E-state index < -0.39 is 8.32 Å². The smallest absolute Gasteiger partial charge is 0.330 e. The average molecular weight is 369 g/mol. The van der Waals surface area contributed by atoms with E-state index >= 15 is 0 Å². The fourth-order valence-corrected chi connectivity index (χ4v) is 7.89. The Kier molecular flexibility index (Phi) is 6.56. The fourth-order valence-electron chi connectivity index (χ4n) is 3.29. The highest BCUT2D eigenvalue weighted by Crippen LogP contribution is 2.36. The van der Waals surface area contributed by atoms with Crippen LogP contribution in [0.5, 0.6) is 0 Å². The average Bonchev–Trinajstić information content (AvgIpc) is 2.62. The van der Waals surface area contributed by atoms with Gasteiger partial charge in [-0.1, -0.05) is 81.4 Å². The molecule has 2 aromatic carbocycles. The lowest BCUT2D eigenvalue weighted by Crippen LogP contribution is -2.66. The molecule has 0 saturated carbocycles. The van der Waals surface area contributed by atoms with Gasteiger partial charge in [0.1, 0.15) is 0 Å². The second-order valence-corrected chi connectivity index (χ2v) is 11.8. The SMILES string of the molecule is COC(=O)/C=C(\C)CO[Si](c1ccccc1)(c1ccccc1)C(C)(C)C. The van der Waals surface area contributed by atoms with E-state index in [9.17, 15) is 4.79 Å². The lowest BCUT2D eigenvalue weighted by atomic mass is 10.2. The summed E-state index contributed by atoms with van der Waals surface area (Å²) in [7, 11) is -1.18. The second kappa shape index (κ2) is 8.47. The predicted molar refractivity (Wildman–Crippen MR) is 109 cm³/mol. The van der Waals surface area contributed by atoms with Gasteiger partial charge in [0, 0.05) is 6.08 Å². The Bertz CT molecular complexity index is 706. The minimum absolute atomic E-state index is 0.0821. The molecule has 4 heteroatoms. The highest BCUT2D eigenvalue weighted by molar-refractivity contribution is 6.99. The van der Waals surface area contributed by atoms with Crippen LogP contribution in [0.25, 0.3) is 0 Å². The van der Waals surface area contributed by atoms with E-state index in [-0.39, 0.29) is 11.0 Å². The quantitative estimate of drug-likeness (QED) is 0.443. The van der Waals surface area contributed by atoms with E-state index in [1.165, 1.54) is 23.6 Å². The maximum atomic E-state index is 11.5. The van der Waals surface area contributed by atoms with Gasteiger partial charge in [-0.15, -0.1) is 0 Å². The number of ether oxygens (including phenoxy) is 1. The summed E-state index contributed by atoms with van der Waals surface area (Å²) in [5.74, 6) is -0.353. The van der Waals surface area contributed by atoms with Crippen molar-refractivity contribution in [3.8, 4) is 0 Å². The van der Waals surface area contributed by atoms with Gasteiger partial charge >= 0.3 is 5.97 Å². The first kappa shape index (κ1) is 20.1. The van der Waals surface area contributed by atoms with Crippen molar-refractivity contribution in [1.29, 1.82) is 0 Å². The van der Waals surface area contributed by atoms with Crippen LogP contribution in [0.4, 0.5) is 0 Å². The number of methoxy groups -OCH3 is 1. The van der Waals surface area contributed by atoms with E-state index in [4.69, 9.17) is 9.16 Å². The number of rotatable bonds is 6. The maximum Gasteiger partial charge on any atom is 0.330 e. The van der Waals surface area contributed by atoms with Gasteiger partial charge < -0.3 is 9.16 Å². The Morgan fingerprint density at radius 1 is 0.962 bits per heavy atom. The maximum absolute atomic E-state index is 11.5. The molecule has 0 aliphatic heterocycles. The highest BCUT2D eigenvalue weighted by Gasteiger charge is 2.50. The molecule has 0 unspecified atom stereocenters. The third-order valence-electron chi connectivity index (χ3n) is 4.50. The first-order valence-electron chi connectivity index (χ1n) is 8.81. The van der Waals surface area contributed by atoms with Gasteiger partial charge in [-0.3, -0.25) is 0 Å².